The Balaban J connectivity index is 0.000000514. The summed E-state index contributed by atoms with van der Waals surface area (Å²) in [5.74, 6) is 6.10. The van der Waals surface area contributed by atoms with Gasteiger partial charge in [0, 0.05) is 5.39 Å². The van der Waals surface area contributed by atoms with Crippen molar-refractivity contribution >= 4 is 27.9 Å². The molecular formula is C12H15N5. The zero-order valence-electron chi connectivity index (χ0n) is 9.88. The highest BCUT2D eigenvalue weighted by molar-refractivity contribution is 6.02. The molecule has 1 aromatic carbocycles. The van der Waals surface area contributed by atoms with Crippen molar-refractivity contribution in [2.45, 2.75) is 13.8 Å². The highest BCUT2D eigenvalue weighted by Crippen LogP contribution is 2.23. The number of hydrogen-bond donors (Lipinski definition) is 2. The zero-order valence-corrected chi connectivity index (χ0v) is 9.88. The average molecular weight is 229 g/mol. The van der Waals surface area contributed by atoms with E-state index >= 15 is 0 Å². The molecule has 0 fully saturated rings. The summed E-state index contributed by atoms with van der Waals surface area (Å²) in [6.45, 7) is 4.00. The van der Waals surface area contributed by atoms with Gasteiger partial charge in [0.2, 0.25) is 5.95 Å². The molecule has 0 aliphatic heterocycles. The summed E-state index contributed by atoms with van der Waals surface area (Å²) in [5.41, 5.74) is 8.06. The summed E-state index contributed by atoms with van der Waals surface area (Å²) >= 11 is 0. The van der Waals surface area contributed by atoms with Crippen LogP contribution in [0.25, 0.3) is 21.9 Å². The molecule has 2 aromatic heterocycles. The van der Waals surface area contributed by atoms with Crippen LogP contribution in [0.5, 0.6) is 0 Å². The fourth-order valence-corrected chi connectivity index (χ4v) is 1.74. The number of nitrogens with zero attached hydrogens (tertiary/aromatic N) is 3. The number of aromatic nitrogens is 3. The third-order valence-corrected chi connectivity index (χ3v) is 2.45. The van der Waals surface area contributed by atoms with Gasteiger partial charge in [-0.15, -0.1) is 0 Å². The lowest BCUT2D eigenvalue weighted by atomic mass is 10.2. The van der Waals surface area contributed by atoms with Gasteiger partial charge < -0.3 is 11.6 Å². The van der Waals surface area contributed by atoms with Crippen molar-refractivity contribution in [1.29, 1.82) is 0 Å². The summed E-state index contributed by atoms with van der Waals surface area (Å²) in [6.07, 6.45) is 1.68. The van der Waals surface area contributed by atoms with Gasteiger partial charge >= 0.3 is 0 Å². The number of rotatable bonds is 0. The van der Waals surface area contributed by atoms with Crippen molar-refractivity contribution in [2.75, 3.05) is 11.6 Å². The summed E-state index contributed by atoms with van der Waals surface area (Å²) in [6, 6.07) is 7.75. The number of para-hydroxylation sites is 1. The Morgan fingerprint density at radius 1 is 1.12 bits per heavy atom. The first-order valence-corrected chi connectivity index (χ1v) is 5.54. The van der Waals surface area contributed by atoms with Crippen molar-refractivity contribution in [3.63, 3.8) is 0 Å². The lowest BCUT2D eigenvalue weighted by molar-refractivity contribution is 1.06. The van der Waals surface area contributed by atoms with Gasteiger partial charge in [0.05, 0.1) is 11.7 Å². The molecule has 0 atom stereocenters. The molecule has 0 spiro atoms. The van der Waals surface area contributed by atoms with Crippen molar-refractivity contribution in [2.24, 2.45) is 0 Å². The van der Waals surface area contributed by atoms with E-state index in [2.05, 4.69) is 9.97 Å². The number of nitrogens with two attached hydrogens (primary N) is 2. The predicted molar refractivity (Wildman–Crippen MR) is 70.9 cm³/mol. The van der Waals surface area contributed by atoms with Crippen LogP contribution in [0, 0.1) is 0 Å². The van der Waals surface area contributed by atoms with E-state index in [9.17, 15) is 0 Å². The molecule has 0 saturated heterocycles. The number of hydrogen-bond acceptors (Lipinski definition) is 4. The summed E-state index contributed by atoms with van der Waals surface area (Å²) in [7, 11) is 0. The van der Waals surface area contributed by atoms with E-state index in [0.29, 0.717) is 11.5 Å². The number of nitrogen functional groups attached to an aromatic ring is 2. The molecule has 2 heterocycles. The molecule has 0 amide bonds. The first-order valence-electron chi connectivity index (χ1n) is 5.54. The third-order valence-electron chi connectivity index (χ3n) is 2.45. The van der Waals surface area contributed by atoms with E-state index < -0.39 is 0 Å². The van der Waals surface area contributed by atoms with Gasteiger partial charge in [-0.25, -0.2) is 9.66 Å². The van der Waals surface area contributed by atoms with E-state index in [-0.39, 0.29) is 0 Å². The smallest absolute Gasteiger partial charge is 0.220 e. The van der Waals surface area contributed by atoms with Gasteiger partial charge in [0.25, 0.3) is 0 Å². The van der Waals surface area contributed by atoms with Gasteiger partial charge in [0.15, 0.2) is 0 Å². The van der Waals surface area contributed by atoms with Crippen LogP contribution in [0.15, 0.2) is 30.5 Å². The number of pyridine rings is 1. The van der Waals surface area contributed by atoms with E-state index in [1.54, 1.807) is 6.20 Å². The number of benzene rings is 1. The Hall–Kier alpha value is -2.30. The van der Waals surface area contributed by atoms with Crippen LogP contribution in [0.1, 0.15) is 13.8 Å². The molecule has 3 aromatic rings. The Morgan fingerprint density at radius 2 is 1.82 bits per heavy atom. The Bertz CT molecular complexity index is 656. The second-order valence-electron chi connectivity index (χ2n) is 3.35. The standard InChI is InChI=1S/C10H9N5.C2H6/c11-10-14-8-5-13-7-4-2-1-3-6(7)9(8)15(10)12;1-2/h1-5H,12H2,(H2,11,14);1-2H3. The number of imidazole rings is 1. The van der Waals surface area contributed by atoms with Gasteiger partial charge in [-0.3, -0.25) is 4.98 Å². The van der Waals surface area contributed by atoms with Gasteiger partial charge in [-0.1, -0.05) is 32.0 Å². The average Bonchev–Trinajstić information content (AvgIpc) is 2.68. The Labute approximate surface area is 99.0 Å². The largest absolute Gasteiger partial charge is 0.368 e. The van der Waals surface area contributed by atoms with Crippen molar-refractivity contribution in [3.05, 3.63) is 30.5 Å². The molecule has 88 valence electrons. The monoisotopic (exact) mass is 229 g/mol. The number of fused-ring (bicyclic) bond motifs is 3. The first kappa shape index (κ1) is 11.2. The molecule has 17 heavy (non-hydrogen) atoms. The topological polar surface area (TPSA) is 82.8 Å². The normalized spacial score (nSPS) is 10.2. The number of anilines is 1. The maximum Gasteiger partial charge on any atom is 0.220 e. The quantitative estimate of drug-likeness (QED) is 0.577. The predicted octanol–water partition coefficient (Wildman–Crippen LogP) is 1.91. The molecule has 0 radical (unpaired) electrons. The van der Waals surface area contributed by atoms with Gasteiger partial charge in [-0.2, -0.15) is 0 Å². The lowest BCUT2D eigenvalue weighted by Crippen LogP contribution is -2.11. The fraction of sp³-hybridized carbons (Fsp3) is 0.167. The highest BCUT2D eigenvalue weighted by Gasteiger charge is 2.09. The summed E-state index contributed by atoms with van der Waals surface area (Å²) in [5, 5.41) is 0.960. The second kappa shape index (κ2) is 4.29. The summed E-state index contributed by atoms with van der Waals surface area (Å²) < 4.78 is 1.39. The van der Waals surface area contributed by atoms with Crippen molar-refractivity contribution < 1.29 is 0 Å². The molecule has 0 aliphatic carbocycles. The minimum Gasteiger partial charge on any atom is -0.368 e. The van der Waals surface area contributed by atoms with Crippen LogP contribution in [0.3, 0.4) is 0 Å². The van der Waals surface area contributed by atoms with E-state index in [0.717, 1.165) is 16.4 Å². The lowest BCUT2D eigenvalue weighted by Gasteiger charge is -2.00. The minimum atomic E-state index is 0.295. The molecule has 5 heteroatoms. The molecule has 4 N–H and O–H groups in total. The van der Waals surface area contributed by atoms with E-state index in [1.807, 2.05) is 38.1 Å². The maximum absolute atomic E-state index is 5.81. The Morgan fingerprint density at radius 3 is 2.59 bits per heavy atom. The van der Waals surface area contributed by atoms with Crippen LogP contribution in [-0.2, 0) is 0 Å². The van der Waals surface area contributed by atoms with Crippen LogP contribution in [0.2, 0.25) is 0 Å². The third kappa shape index (κ3) is 1.65. The van der Waals surface area contributed by atoms with E-state index in [1.165, 1.54) is 4.68 Å². The first-order chi connectivity index (χ1) is 8.27. The van der Waals surface area contributed by atoms with Gasteiger partial charge in [-0.05, 0) is 6.07 Å². The van der Waals surface area contributed by atoms with Gasteiger partial charge in [0.1, 0.15) is 11.0 Å². The second-order valence-corrected chi connectivity index (χ2v) is 3.35. The molecule has 0 saturated carbocycles. The highest BCUT2D eigenvalue weighted by atomic mass is 15.4. The minimum absolute atomic E-state index is 0.295. The van der Waals surface area contributed by atoms with Crippen LogP contribution < -0.4 is 11.6 Å². The fourth-order valence-electron chi connectivity index (χ4n) is 1.74. The SMILES string of the molecule is CC.Nc1nc2cnc3ccccc3c2n1N. The van der Waals surface area contributed by atoms with Crippen LogP contribution in [-0.4, -0.2) is 14.6 Å². The van der Waals surface area contributed by atoms with E-state index in [4.69, 9.17) is 11.6 Å². The molecule has 0 aliphatic rings. The van der Waals surface area contributed by atoms with Crippen molar-refractivity contribution in [1.82, 2.24) is 14.6 Å². The molecular weight excluding hydrogens is 214 g/mol. The van der Waals surface area contributed by atoms with Crippen LogP contribution >= 0.6 is 0 Å². The molecule has 5 nitrogen and oxygen atoms in total. The molecule has 0 unspecified atom stereocenters. The summed E-state index contributed by atoms with van der Waals surface area (Å²) in [4.78, 5) is 8.39. The maximum atomic E-state index is 5.81. The Kier molecular flexibility index (Phi) is 2.82. The molecule has 3 rings (SSSR count). The molecule has 0 bridgehead atoms. The van der Waals surface area contributed by atoms with Crippen LogP contribution in [0.4, 0.5) is 5.95 Å². The van der Waals surface area contributed by atoms with Crippen molar-refractivity contribution in [3.8, 4) is 0 Å². The zero-order chi connectivity index (χ0) is 12.4.